The topological polar surface area (TPSA) is 12.0 Å². The van der Waals surface area contributed by atoms with Crippen molar-refractivity contribution < 1.29 is 4.39 Å². The summed E-state index contributed by atoms with van der Waals surface area (Å²) < 4.78 is 14.4. The van der Waals surface area contributed by atoms with Gasteiger partial charge in [-0.05, 0) is 58.7 Å². The number of anilines is 1. The molecular formula is C14H11BrCl2FN. The molecule has 0 heterocycles. The fourth-order valence-corrected chi connectivity index (χ4v) is 2.69. The number of rotatable bonds is 3. The SMILES string of the molecule is CC(Nc1c(F)cccc1Br)c1cc(Cl)ccc1Cl. The first kappa shape index (κ1) is 14.6. The molecule has 100 valence electrons. The van der Waals surface area contributed by atoms with Crippen molar-refractivity contribution in [3.63, 3.8) is 0 Å². The van der Waals surface area contributed by atoms with Crippen LogP contribution in [0.5, 0.6) is 0 Å². The Bertz CT molecular complexity index is 584. The van der Waals surface area contributed by atoms with Gasteiger partial charge in [0.15, 0.2) is 0 Å². The van der Waals surface area contributed by atoms with Crippen molar-refractivity contribution in [3.8, 4) is 0 Å². The summed E-state index contributed by atoms with van der Waals surface area (Å²) in [7, 11) is 0. The maximum Gasteiger partial charge on any atom is 0.147 e. The van der Waals surface area contributed by atoms with Gasteiger partial charge in [0.2, 0.25) is 0 Å². The first-order chi connectivity index (χ1) is 8.99. The van der Waals surface area contributed by atoms with Crippen LogP contribution in [0.25, 0.3) is 0 Å². The normalized spacial score (nSPS) is 12.3. The first-order valence-electron chi connectivity index (χ1n) is 5.64. The minimum absolute atomic E-state index is 0.167. The fraction of sp³-hybridized carbons (Fsp3) is 0.143. The predicted molar refractivity (Wildman–Crippen MR) is 82.6 cm³/mol. The third kappa shape index (κ3) is 3.41. The average Bonchev–Trinajstić information content (AvgIpc) is 2.37. The molecular weight excluding hydrogens is 352 g/mol. The van der Waals surface area contributed by atoms with Crippen molar-refractivity contribution >= 4 is 44.8 Å². The number of halogens is 4. The van der Waals surface area contributed by atoms with Gasteiger partial charge in [-0.25, -0.2) is 4.39 Å². The molecule has 0 saturated heterocycles. The molecule has 0 amide bonds. The minimum Gasteiger partial charge on any atom is -0.375 e. The highest BCUT2D eigenvalue weighted by molar-refractivity contribution is 9.10. The number of hydrogen-bond donors (Lipinski definition) is 1. The maximum atomic E-state index is 13.8. The van der Waals surface area contributed by atoms with E-state index in [1.165, 1.54) is 6.07 Å². The summed E-state index contributed by atoms with van der Waals surface area (Å²) in [6.07, 6.45) is 0. The maximum absolute atomic E-state index is 13.8. The van der Waals surface area contributed by atoms with Gasteiger partial charge in [-0.1, -0.05) is 29.3 Å². The molecule has 0 saturated carbocycles. The summed E-state index contributed by atoms with van der Waals surface area (Å²) in [5, 5.41) is 4.29. The standard InChI is InChI=1S/C14H11BrCl2FN/c1-8(10-7-9(16)5-6-12(10)17)19-14-11(15)3-2-4-13(14)18/h2-8,19H,1H3. The van der Waals surface area contributed by atoms with E-state index in [9.17, 15) is 4.39 Å². The lowest BCUT2D eigenvalue weighted by Crippen LogP contribution is -2.09. The van der Waals surface area contributed by atoms with Gasteiger partial charge in [0, 0.05) is 14.5 Å². The van der Waals surface area contributed by atoms with Crippen LogP contribution >= 0.6 is 39.1 Å². The monoisotopic (exact) mass is 361 g/mol. The van der Waals surface area contributed by atoms with Crippen molar-refractivity contribution in [2.45, 2.75) is 13.0 Å². The summed E-state index contributed by atoms with van der Waals surface area (Å²) in [6.45, 7) is 1.90. The van der Waals surface area contributed by atoms with Crippen LogP contribution in [0, 0.1) is 5.82 Å². The third-order valence-corrected chi connectivity index (χ3v) is 3.99. The van der Waals surface area contributed by atoms with Gasteiger partial charge in [0.25, 0.3) is 0 Å². The van der Waals surface area contributed by atoms with E-state index < -0.39 is 0 Å². The number of para-hydroxylation sites is 1. The lowest BCUT2D eigenvalue weighted by atomic mass is 10.1. The molecule has 2 aromatic carbocycles. The molecule has 0 aliphatic rings. The largest absolute Gasteiger partial charge is 0.375 e. The second-order valence-electron chi connectivity index (χ2n) is 4.13. The molecule has 2 rings (SSSR count). The number of nitrogens with one attached hydrogen (secondary N) is 1. The summed E-state index contributed by atoms with van der Waals surface area (Å²) in [4.78, 5) is 0. The summed E-state index contributed by atoms with van der Waals surface area (Å²) >= 11 is 15.4. The van der Waals surface area contributed by atoms with Crippen LogP contribution in [0.15, 0.2) is 40.9 Å². The molecule has 19 heavy (non-hydrogen) atoms. The summed E-state index contributed by atoms with van der Waals surface area (Å²) in [5.41, 5.74) is 1.23. The van der Waals surface area contributed by atoms with E-state index in [4.69, 9.17) is 23.2 Å². The Balaban J connectivity index is 2.31. The quantitative estimate of drug-likeness (QED) is 0.698. The lowest BCUT2D eigenvalue weighted by Gasteiger charge is -2.18. The van der Waals surface area contributed by atoms with E-state index in [0.29, 0.717) is 20.2 Å². The molecule has 0 fully saturated rings. The van der Waals surface area contributed by atoms with E-state index in [1.54, 1.807) is 30.3 Å². The van der Waals surface area contributed by atoms with Crippen LogP contribution in [0.1, 0.15) is 18.5 Å². The highest BCUT2D eigenvalue weighted by Gasteiger charge is 2.14. The highest BCUT2D eigenvalue weighted by atomic mass is 79.9. The van der Waals surface area contributed by atoms with Gasteiger partial charge in [-0.3, -0.25) is 0 Å². The molecule has 0 spiro atoms. The van der Waals surface area contributed by atoms with Gasteiger partial charge >= 0.3 is 0 Å². The molecule has 2 aromatic rings. The predicted octanol–water partition coefficient (Wildman–Crippen LogP) is 6.07. The molecule has 0 aromatic heterocycles. The molecule has 5 heteroatoms. The Hall–Kier alpha value is -0.770. The Kier molecular flexibility index (Phi) is 4.71. The Morgan fingerprint density at radius 2 is 1.95 bits per heavy atom. The Labute approximate surface area is 129 Å². The molecule has 0 radical (unpaired) electrons. The molecule has 1 nitrogen and oxygen atoms in total. The molecule has 0 aliphatic carbocycles. The van der Waals surface area contributed by atoms with Crippen LogP contribution in [0.2, 0.25) is 10.0 Å². The van der Waals surface area contributed by atoms with Crippen molar-refractivity contribution in [3.05, 3.63) is 62.3 Å². The van der Waals surface area contributed by atoms with E-state index in [2.05, 4.69) is 21.2 Å². The van der Waals surface area contributed by atoms with Crippen molar-refractivity contribution in [2.24, 2.45) is 0 Å². The molecule has 1 atom stereocenters. The average molecular weight is 363 g/mol. The third-order valence-electron chi connectivity index (χ3n) is 2.75. The van der Waals surface area contributed by atoms with Crippen LogP contribution in [-0.4, -0.2) is 0 Å². The Morgan fingerprint density at radius 1 is 1.21 bits per heavy atom. The van der Waals surface area contributed by atoms with Gasteiger partial charge in [0.05, 0.1) is 11.7 Å². The molecule has 1 unspecified atom stereocenters. The van der Waals surface area contributed by atoms with E-state index in [0.717, 1.165) is 5.56 Å². The van der Waals surface area contributed by atoms with Gasteiger partial charge < -0.3 is 5.32 Å². The zero-order valence-corrected chi connectivity index (χ0v) is 13.2. The van der Waals surface area contributed by atoms with Crippen LogP contribution < -0.4 is 5.32 Å². The smallest absolute Gasteiger partial charge is 0.147 e. The molecule has 0 aliphatic heterocycles. The number of benzene rings is 2. The van der Waals surface area contributed by atoms with E-state index >= 15 is 0 Å². The van der Waals surface area contributed by atoms with E-state index in [1.807, 2.05) is 6.92 Å². The Morgan fingerprint density at radius 3 is 2.63 bits per heavy atom. The molecule has 0 bridgehead atoms. The van der Waals surface area contributed by atoms with Gasteiger partial charge in [-0.15, -0.1) is 0 Å². The summed E-state index contributed by atoms with van der Waals surface area (Å²) in [5.74, 6) is -0.320. The zero-order valence-electron chi connectivity index (χ0n) is 10.1. The lowest BCUT2D eigenvalue weighted by molar-refractivity contribution is 0.626. The zero-order chi connectivity index (χ0) is 14.0. The van der Waals surface area contributed by atoms with Crippen molar-refractivity contribution in [1.82, 2.24) is 0 Å². The molecule has 1 N–H and O–H groups in total. The fourth-order valence-electron chi connectivity index (χ4n) is 1.78. The summed E-state index contributed by atoms with van der Waals surface area (Å²) in [6, 6.07) is 9.88. The van der Waals surface area contributed by atoms with Crippen molar-refractivity contribution in [1.29, 1.82) is 0 Å². The number of hydrogen-bond acceptors (Lipinski definition) is 1. The highest BCUT2D eigenvalue weighted by Crippen LogP contribution is 2.32. The minimum atomic E-state index is -0.320. The van der Waals surface area contributed by atoms with Crippen molar-refractivity contribution in [2.75, 3.05) is 5.32 Å². The van der Waals surface area contributed by atoms with Crippen LogP contribution in [0.4, 0.5) is 10.1 Å². The van der Waals surface area contributed by atoms with Gasteiger partial charge in [0.1, 0.15) is 5.82 Å². The van der Waals surface area contributed by atoms with Crippen LogP contribution in [0.3, 0.4) is 0 Å². The van der Waals surface area contributed by atoms with Gasteiger partial charge in [-0.2, -0.15) is 0 Å². The van der Waals surface area contributed by atoms with Crippen LogP contribution in [-0.2, 0) is 0 Å². The second kappa shape index (κ2) is 6.12. The second-order valence-corrected chi connectivity index (χ2v) is 5.83. The van der Waals surface area contributed by atoms with E-state index in [-0.39, 0.29) is 11.9 Å². The first-order valence-corrected chi connectivity index (χ1v) is 7.19.